The van der Waals surface area contributed by atoms with E-state index in [9.17, 15) is 9.59 Å². The van der Waals surface area contributed by atoms with E-state index in [4.69, 9.17) is 5.73 Å². The zero-order chi connectivity index (χ0) is 11.0. The number of imidazole rings is 1. The molecule has 0 saturated heterocycles. The Labute approximate surface area is 83.0 Å². The third-order valence-corrected chi connectivity index (χ3v) is 1.98. The quantitative estimate of drug-likeness (QED) is 0.478. The first-order valence-corrected chi connectivity index (χ1v) is 4.22. The Morgan fingerprint density at radius 1 is 1.33 bits per heavy atom. The zero-order valence-electron chi connectivity index (χ0n) is 7.70. The molecule has 0 aliphatic rings. The van der Waals surface area contributed by atoms with Gasteiger partial charge in [-0.25, -0.2) is 9.78 Å². The summed E-state index contributed by atoms with van der Waals surface area (Å²) in [6.07, 6.45) is 1.48. The molecule has 2 heterocycles. The number of nitrogens with one attached hydrogen (secondary N) is 3. The van der Waals surface area contributed by atoms with E-state index in [-0.39, 0.29) is 11.2 Å². The van der Waals surface area contributed by atoms with Crippen LogP contribution in [0.2, 0.25) is 0 Å². The maximum absolute atomic E-state index is 11.3. The lowest BCUT2D eigenvalue weighted by molar-refractivity contribution is 0.837. The number of nitrogens with zero attached hydrogens (tertiary/aromatic N) is 1. The molecular weight excluding hydrogens is 198 g/mol. The van der Waals surface area contributed by atoms with Crippen molar-refractivity contribution >= 4 is 11.2 Å². The monoisotopic (exact) mass is 207 g/mol. The summed E-state index contributed by atoms with van der Waals surface area (Å²) in [5.74, 6) is 0.382. The van der Waals surface area contributed by atoms with Crippen LogP contribution >= 0.6 is 0 Å². The fourth-order valence-corrected chi connectivity index (χ4v) is 1.22. The van der Waals surface area contributed by atoms with Crippen LogP contribution < -0.4 is 17.0 Å². The van der Waals surface area contributed by atoms with Gasteiger partial charge in [0.15, 0.2) is 5.65 Å². The third-order valence-electron chi connectivity index (χ3n) is 1.98. The SMILES string of the molecule is C=CC(N)c1nc2[nH]c(=O)[nH]c(=O)c2[nH]1. The molecule has 0 spiro atoms. The number of aromatic amines is 3. The highest BCUT2D eigenvalue weighted by molar-refractivity contribution is 5.68. The van der Waals surface area contributed by atoms with Crippen LogP contribution in [0.4, 0.5) is 0 Å². The number of fused-ring (bicyclic) bond motifs is 1. The van der Waals surface area contributed by atoms with E-state index in [1.165, 1.54) is 6.08 Å². The number of rotatable bonds is 2. The van der Waals surface area contributed by atoms with Crippen LogP contribution in [0, 0.1) is 0 Å². The summed E-state index contributed by atoms with van der Waals surface area (Å²) in [4.78, 5) is 33.4. The number of nitrogens with two attached hydrogens (primary N) is 1. The molecule has 0 fully saturated rings. The molecule has 0 bridgehead atoms. The number of hydrogen-bond donors (Lipinski definition) is 4. The first kappa shape index (κ1) is 9.41. The van der Waals surface area contributed by atoms with E-state index >= 15 is 0 Å². The van der Waals surface area contributed by atoms with Crippen molar-refractivity contribution in [3.8, 4) is 0 Å². The van der Waals surface area contributed by atoms with Crippen molar-refractivity contribution in [3.05, 3.63) is 39.3 Å². The van der Waals surface area contributed by atoms with Gasteiger partial charge in [0.2, 0.25) is 0 Å². The number of hydrogen-bond acceptors (Lipinski definition) is 4. The van der Waals surface area contributed by atoms with Crippen LogP contribution in [-0.4, -0.2) is 19.9 Å². The van der Waals surface area contributed by atoms with Crippen LogP contribution in [0.5, 0.6) is 0 Å². The predicted octanol–water partition coefficient (Wildman–Crippen LogP) is -0.875. The van der Waals surface area contributed by atoms with E-state index in [1.54, 1.807) is 0 Å². The molecule has 0 amide bonds. The summed E-state index contributed by atoms with van der Waals surface area (Å²) in [6, 6.07) is -0.500. The molecule has 2 aromatic heterocycles. The van der Waals surface area contributed by atoms with Gasteiger partial charge in [0.05, 0.1) is 6.04 Å². The molecule has 2 aromatic rings. The third kappa shape index (κ3) is 1.48. The maximum Gasteiger partial charge on any atom is 0.327 e. The van der Waals surface area contributed by atoms with E-state index in [2.05, 4.69) is 26.5 Å². The van der Waals surface area contributed by atoms with Gasteiger partial charge in [-0.3, -0.25) is 14.8 Å². The van der Waals surface area contributed by atoms with Gasteiger partial charge in [0, 0.05) is 0 Å². The Bertz CT molecular complexity index is 620. The van der Waals surface area contributed by atoms with Gasteiger partial charge in [0.25, 0.3) is 5.56 Å². The fraction of sp³-hybridized carbons (Fsp3) is 0.125. The zero-order valence-corrected chi connectivity index (χ0v) is 7.70. The van der Waals surface area contributed by atoms with Crippen molar-refractivity contribution in [2.75, 3.05) is 0 Å². The number of H-pyrrole nitrogens is 3. The minimum Gasteiger partial charge on any atom is -0.335 e. The van der Waals surface area contributed by atoms with Gasteiger partial charge in [-0.15, -0.1) is 6.58 Å². The molecule has 7 nitrogen and oxygen atoms in total. The van der Waals surface area contributed by atoms with Crippen LogP contribution in [0.3, 0.4) is 0 Å². The second-order valence-corrected chi connectivity index (χ2v) is 3.02. The molecule has 5 N–H and O–H groups in total. The maximum atomic E-state index is 11.3. The molecule has 0 aliphatic heterocycles. The van der Waals surface area contributed by atoms with Crippen LogP contribution in [0.15, 0.2) is 22.2 Å². The molecular formula is C8H9N5O2. The topological polar surface area (TPSA) is 120 Å². The summed E-state index contributed by atoms with van der Waals surface area (Å²) >= 11 is 0. The molecule has 0 saturated carbocycles. The van der Waals surface area contributed by atoms with E-state index < -0.39 is 17.3 Å². The van der Waals surface area contributed by atoms with Gasteiger partial charge in [-0.05, 0) is 0 Å². The van der Waals surface area contributed by atoms with Gasteiger partial charge >= 0.3 is 5.69 Å². The molecule has 0 aromatic carbocycles. The highest BCUT2D eigenvalue weighted by atomic mass is 16.2. The second kappa shape index (κ2) is 3.21. The van der Waals surface area contributed by atoms with Crippen LogP contribution in [-0.2, 0) is 0 Å². The minimum absolute atomic E-state index is 0.191. The Hall–Kier alpha value is -2.15. The van der Waals surface area contributed by atoms with Crippen molar-refractivity contribution in [3.63, 3.8) is 0 Å². The van der Waals surface area contributed by atoms with Gasteiger partial charge < -0.3 is 10.7 Å². The van der Waals surface area contributed by atoms with Crippen molar-refractivity contribution in [1.82, 2.24) is 19.9 Å². The lowest BCUT2D eigenvalue weighted by Gasteiger charge is -1.98. The highest BCUT2D eigenvalue weighted by Gasteiger charge is 2.10. The minimum atomic E-state index is -0.599. The summed E-state index contributed by atoms with van der Waals surface area (Å²) in [5.41, 5.74) is 4.89. The van der Waals surface area contributed by atoms with Crippen molar-refractivity contribution < 1.29 is 0 Å². The average Bonchev–Trinajstić information content (AvgIpc) is 2.60. The van der Waals surface area contributed by atoms with Gasteiger partial charge in [-0.2, -0.15) is 0 Å². The summed E-state index contributed by atoms with van der Waals surface area (Å²) in [7, 11) is 0. The summed E-state index contributed by atoms with van der Waals surface area (Å²) in [6.45, 7) is 3.50. The van der Waals surface area contributed by atoms with E-state index in [0.29, 0.717) is 5.82 Å². The first-order chi connectivity index (χ1) is 7.11. The molecule has 1 atom stereocenters. The Morgan fingerprint density at radius 3 is 2.73 bits per heavy atom. The van der Waals surface area contributed by atoms with Gasteiger partial charge in [0.1, 0.15) is 11.3 Å². The second-order valence-electron chi connectivity index (χ2n) is 3.02. The number of aromatic nitrogens is 4. The van der Waals surface area contributed by atoms with Crippen LogP contribution in [0.1, 0.15) is 11.9 Å². The first-order valence-electron chi connectivity index (χ1n) is 4.22. The van der Waals surface area contributed by atoms with Gasteiger partial charge in [-0.1, -0.05) is 6.08 Å². The average molecular weight is 207 g/mol. The molecule has 1 unspecified atom stereocenters. The standard InChI is InChI=1S/C8H9N5O2/c1-2-3(9)5-10-4-6(11-5)12-8(15)13-7(4)14/h2-3H,1,9H2,(H3,10,11,12,13,14,15). The Balaban J connectivity index is 2.76. The molecule has 78 valence electrons. The predicted molar refractivity (Wildman–Crippen MR) is 54.5 cm³/mol. The highest BCUT2D eigenvalue weighted by Crippen LogP contribution is 2.08. The Kier molecular flexibility index (Phi) is 2.01. The van der Waals surface area contributed by atoms with Crippen molar-refractivity contribution in [2.45, 2.75) is 6.04 Å². The smallest absolute Gasteiger partial charge is 0.327 e. The molecule has 0 aliphatic carbocycles. The van der Waals surface area contributed by atoms with Crippen molar-refractivity contribution in [2.24, 2.45) is 5.73 Å². The van der Waals surface area contributed by atoms with Crippen molar-refractivity contribution in [1.29, 1.82) is 0 Å². The van der Waals surface area contributed by atoms with E-state index in [0.717, 1.165) is 0 Å². The molecule has 2 rings (SSSR count). The molecule has 15 heavy (non-hydrogen) atoms. The summed E-state index contributed by atoms with van der Waals surface area (Å²) < 4.78 is 0. The summed E-state index contributed by atoms with van der Waals surface area (Å²) in [5, 5.41) is 0. The normalized spacial score (nSPS) is 12.9. The lowest BCUT2D eigenvalue weighted by atomic mass is 10.3. The lowest BCUT2D eigenvalue weighted by Crippen LogP contribution is -2.21. The molecule has 0 radical (unpaired) electrons. The molecule has 7 heteroatoms. The largest absolute Gasteiger partial charge is 0.335 e. The van der Waals surface area contributed by atoms with Crippen LogP contribution in [0.25, 0.3) is 11.2 Å². The van der Waals surface area contributed by atoms with E-state index in [1.807, 2.05) is 0 Å². The fourth-order valence-electron chi connectivity index (χ4n) is 1.22. The Morgan fingerprint density at radius 2 is 2.07 bits per heavy atom.